The normalized spacial score (nSPS) is 15.8. The zero-order valence-corrected chi connectivity index (χ0v) is 13.0. The monoisotopic (exact) mass is 317 g/mol. The predicted octanol–water partition coefficient (Wildman–Crippen LogP) is 2.25. The highest BCUT2D eigenvalue weighted by atomic mass is 32.1. The van der Waals surface area contributed by atoms with Crippen LogP contribution in [-0.4, -0.2) is 39.7 Å². The van der Waals surface area contributed by atoms with Crippen molar-refractivity contribution < 1.29 is 10.2 Å². The number of aromatic hydroxyl groups is 2. The van der Waals surface area contributed by atoms with Crippen LogP contribution < -0.4 is 5.73 Å². The predicted molar refractivity (Wildman–Crippen MR) is 89.2 cm³/mol. The van der Waals surface area contributed by atoms with Gasteiger partial charge in [0.15, 0.2) is 16.6 Å². The van der Waals surface area contributed by atoms with Crippen LogP contribution in [0, 0.1) is 0 Å². The van der Waals surface area contributed by atoms with Crippen LogP contribution in [0.15, 0.2) is 24.3 Å². The number of para-hydroxylation sites is 1. The Morgan fingerprint density at radius 2 is 2.09 bits per heavy atom. The smallest absolute Gasteiger partial charge is 0.180 e. The number of benzene rings is 1. The van der Waals surface area contributed by atoms with Gasteiger partial charge in [-0.15, -0.1) is 11.3 Å². The third-order valence-corrected chi connectivity index (χ3v) is 4.81. The van der Waals surface area contributed by atoms with E-state index in [4.69, 9.17) is 5.73 Å². The first kappa shape index (κ1) is 14.9. The highest BCUT2D eigenvalue weighted by Crippen LogP contribution is 2.29. The van der Waals surface area contributed by atoms with Gasteiger partial charge >= 0.3 is 0 Å². The molecule has 1 aliphatic rings. The Morgan fingerprint density at radius 1 is 1.27 bits per heavy atom. The molecule has 0 saturated heterocycles. The van der Waals surface area contributed by atoms with E-state index < -0.39 is 0 Å². The minimum absolute atomic E-state index is 0.0727. The molecular formula is C16H19N3O2S. The van der Waals surface area contributed by atoms with Crippen molar-refractivity contribution in [3.63, 3.8) is 0 Å². The molecule has 22 heavy (non-hydrogen) atoms. The number of aromatic nitrogens is 1. The van der Waals surface area contributed by atoms with Crippen molar-refractivity contribution >= 4 is 22.5 Å². The van der Waals surface area contributed by atoms with Crippen molar-refractivity contribution in [2.24, 2.45) is 0 Å². The molecule has 0 aliphatic carbocycles. The van der Waals surface area contributed by atoms with E-state index in [1.165, 1.54) is 10.9 Å². The molecule has 6 heteroatoms. The largest absolute Gasteiger partial charge is 0.504 e. The number of anilines is 1. The van der Waals surface area contributed by atoms with Crippen LogP contribution in [-0.2, 0) is 12.8 Å². The molecule has 1 aliphatic heterocycles. The highest BCUT2D eigenvalue weighted by molar-refractivity contribution is 7.15. The molecule has 2 heterocycles. The van der Waals surface area contributed by atoms with Crippen LogP contribution in [0.2, 0.25) is 0 Å². The maximum atomic E-state index is 9.76. The van der Waals surface area contributed by atoms with Crippen LogP contribution in [0.3, 0.4) is 0 Å². The Bertz CT molecular complexity index is 671. The minimum atomic E-state index is -0.0926. The zero-order chi connectivity index (χ0) is 15.5. The van der Waals surface area contributed by atoms with E-state index in [9.17, 15) is 10.2 Å². The van der Waals surface area contributed by atoms with Crippen molar-refractivity contribution in [3.05, 3.63) is 40.4 Å². The Balaban J connectivity index is 1.59. The maximum Gasteiger partial charge on any atom is 0.180 e. The fourth-order valence-electron chi connectivity index (χ4n) is 2.62. The number of nitrogens with zero attached hydrogens (tertiary/aromatic N) is 2. The number of hydrogen-bond donors (Lipinski definition) is 3. The van der Waals surface area contributed by atoms with E-state index in [1.54, 1.807) is 23.5 Å². The second-order valence-corrected chi connectivity index (χ2v) is 6.46. The van der Waals surface area contributed by atoms with E-state index in [2.05, 4.69) is 9.88 Å². The first-order valence-electron chi connectivity index (χ1n) is 7.27. The maximum absolute atomic E-state index is 9.76. The molecule has 116 valence electrons. The Labute approximate surface area is 133 Å². The summed E-state index contributed by atoms with van der Waals surface area (Å²) in [6, 6.07) is 4.96. The van der Waals surface area contributed by atoms with Gasteiger partial charge < -0.3 is 15.9 Å². The van der Waals surface area contributed by atoms with E-state index in [0.717, 1.165) is 38.2 Å². The molecule has 1 aromatic heterocycles. The van der Waals surface area contributed by atoms with Gasteiger partial charge in [0.05, 0.1) is 5.69 Å². The van der Waals surface area contributed by atoms with Crippen molar-refractivity contribution in [2.75, 3.05) is 25.4 Å². The molecule has 1 aromatic carbocycles. The van der Waals surface area contributed by atoms with Crippen molar-refractivity contribution in [1.82, 2.24) is 9.88 Å². The third kappa shape index (κ3) is 3.23. The van der Waals surface area contributed by atoms with Gasteiger partial charge in [0.1, 0.15) is 0 Å². The summed E-state index contributed by atoms with van der Waals surface area (Å²) in [6.07, 6.45) is 5.76. The van der Waals surface area contributed by atoms with E-state index in [0.29, 0.717) is 10.7 Å². The van der Waals surface area contributed by atoms with Crippen LogP contribution >= 0.6 is 11.3 Å². The average Bonchev–Trinajstić information content (AvgIpc) is 2.75. The molecule has 0 amide bonds. The summed E-state index contributed by atoms with van der Waals surface area (Å²) >= 11 is 1.59. The number of nitrogens with two attached hydrogens (primary N) is 1. The summed E-state index contributed by atoms with van der Waals surface area (Å²) in [7, 11) is 0. The molecule has 3 rings (SSSR count). The van der Waals surface area contributed by atoms with Crippen LogP contribution in [0.5, 0.6) is 11.5 Å². The molecule has 4 N–H and O–H groups in total. The van der Waals surface area contributed by atoms with Gasteiger partial charge in [0.25, 0.3) is 0 Å². The first-order valence-corrected chi connectivity index (χ1v) is 8.09. The number of hydrogen-bond acceptors (Lipinski definition) is 6. The third-order valence-electron chi connectivity index (χ3n) is 3.82. The topological polar surface area (TPSA) is 82.6 Å². The second-order valence-electron chi connectivity index (χ2n) is 5.34. The van der Waals surface area contributed by atoms with Gasteiger partial charge in [0.2, 0.25) is 0 Å². The first-order chi connectivity index (χ1) is 10.6. The lowest BCUT2D eigenvalue weighted by atomic mass is 10.1. The molecule has 0 fully saturated rings. The SMILES string of the molecule is Nc1nc2c(s1)CCN(CC=Cc1cccc(O)c1O)CC2. The minimum Gasteiger partial charge on any atom is -0.504 e. The summed E-state index contributed by atoms with van der Waals surface area (Å²) in [5, 5.41) is 19.9. The van der Waals surface area contributed by atoms with Crippen LogP contribution in [0.4, 0.5) is 5.13 Å². The summed E-state index contributed by atoms with van der Waals surface area (Å²) in [5.74, 6) is -0.165. The van der Waals surface area contributed by atoms with Crippen molar-refractivity contribution in [3.8, 4) is 11.5 Å². The Hall–Kier alpha value is -2.05. The molecule has 0 radical (unpaired) electrons. The molecule has 2 aromatic rings. The molecule has 0 saturated carbocycles. The molecule has 0 unspecified atom stereocenters. The molecule has 0 atom stereocenters. The van der Waals surface area contributed by atoms with E-state index >= 15 is 0 Å². The molecule has 0 spiro atoms. The zero-order valence-electron chi connectivity index (χ0n) is 12.2. The number of nitrogen functional groups attached to an aromatic ring is 1. The van der Waals surface area contributed by atoms with Crippen LogP contribution in [0.25, 0.3) is 6.08 Å². The fraction of sp³-hybridized carbons (Fsp3) is 0.312. The lowest BCUT2D eigenvalue weighted by Gasteiger charge is -2.17. The average molecular weight is 317 g/mol. The fourth-order valence-corrected chi connectivity index (χ4v) is 3.49. The number of fused-ring (bicyclic) bond motifs is 1. The highest BCUT2D eigenvalue weighted by Gasteiger charge is 2.16. The Kier molecular flexibility index (Phi) is 4.31. The standard InChI is InChI=1S/C16H19N3O2S/c17-16-18-12-6-9-19(10-7-14(12)22-16)8-2-4-11-3-1-5-13(20)15(11)21/h1-5,20-21H,6-10H2,(H2,17,18). The molecule has 0 bridgehead atoms. The van der Waals surface area contributed by atoms with Crippen LogP contribution in [0.1, 0.15) is 16.1 Å². The summed E-state index contributed by atoms with van der Waals surface area (Å²) in [6.45, 7) is 2.73. The quantitative estimate of drug-likeness (QED) is 0.756. The van der Waals surface area contributed by atoms with Gasteiger partial charge in [-0.2, -0.15) is 0 Å². The van der Waals surface area contributed by atoms with Crippen molar-refractivity contribution in [2.45, 2.75) is 12.8 Å². The van der Waals surface area contributed by atoms with Gasteiger partial charge in [-0.05, 0) is 12.5 Å². The second kappa shape index (κ2) is 6.37. The molecule has 5 nitrogen and oxygen atoms in total. The summed E-state index contributed by atoms with van der Waals surface area (Å²) in [5.41, 5.74) is 7.52. The van der Waals surface area contributed by atoms with Gasteiger partial charge in [-0.1, -0.05) is 24.3 Å². The molecular weight excluding hydrogens is 298 g/mol. The van der Waals surface area contributed by atoms with Gasteiger partial charge in [-0.3, -0.25) is 4.90 Å². The van der Waals surface area contributed by atoms with E-state index in [-0.39, 0.29) is 11.5 Å². The summed E-state index contributed by atoms with van der Waals surface area (Å²) < 4.78 is 0. The Morgan fingerprint density at radius 3 is 2.95 bits per heavy atom. The van der Waals surface area contributed by atoms with E-state index in [1.807, 2.05) is 12.2 Å². The van der Waals surface area contributed by atoms with Crippen molar-refractivity contribution in [1.29, 1.82) is 0 Å². The lowest BCUT2D eigenvalue weighted by Crippen LogP contribution is -2.26. The number of phenolic OH excluding ortho intramolecular Hbond substituents is 2. The number of rotatable bonds is 3. The van der Waals surface area contributed by atoms with Gasteiger partial charge in [-0.25, -0.2) is 4.98 Å². The van der Waals surface area contributed by atoms with Gasteiger partial charge in [0, 0.05) is 36.5 Å². The number of phenols is 2. The number of thiazole rings is 1. The lowest BCUT2D eigenvalue weighted by molar-refractivity contribution is 0.318. The summed E-state index contributed by atoms with van der Waals surface area (Å²) in [4.78, 5) is 8.03.